The summed E-state index contributed by atoms with van der Waals surface area (Å²) in [6.45, 7) is 3.69. The number of carbonyl (C=O) groups excluding carboxylic acids is 1. The molecular formula is C16H15N3O3. The highest BCUT2D eigenvalue weighted by atomic mass is 16.6. The van der Waals surface area contributed by atoms with Crippen LogP contribution in [0, 0.1) is 6.92 Å². The van der Waals surface area contributed by atoms with Gasteiger partial charge in [0.25, 0.3) is 5.89 Å². The van der Waals surface area contributed by atoms with Crippen molar-refractivity contribution in [1.82, 2.24) is 15.2 Å². The second kappa shape index (κ2) is 5.85. The molecule has 2 heterocycles. The van der Waals surface area contributed by atoms with Crippen LogP contribution in [0.5, 0.6) is 0 Å². The lowest BCUT2D eigenvalue weighted by Crippen LogP contribution is -2.09. The van der Waals surface area contributed by atoms with Crippen LogP contribution in [0.3, 0.4) is 0 Å². The maximum absolute atomic E-state index is 11.9. The summed E-state index contributed by atoms with van der Waals surface area (Å²) in [5.41, 5.74) is 2.36. The van der Waals surface area contributed by atoms with Gasteiger partial charge in [-0.15, -0.1) is 10.2 Å². The van der Waals surface area contributed by atoms with E-state index in [1.54, 1.807) is 25.3 Å². The Hall–Kier alpha value is -2.89. The normalized spacial score (nSPS) is 12.1. The number of aryl methyl sites for hydroxylation is 1. The van der Waals surface area contributed by atoms with Gasteiger partial charge in [-0.25, -0.2) is 4.79 Å². The standard InChI is InChI=1S/C16H15N3O3/c1-10-5-7-12(8-6-10)15-19-18-14(22-15)11(2)21-16(20)13-4-3-9-17-13/h3-9,11,17H,1-2H3/t11-/m1/s1. The third-order valence-corrected chi connectivity index (χ3v) is 3.19. The maximum atomic E-state index is 11.9. The van der Waals surface area contributed by atoms with Crippen LogP contribution in [0.15, 0.2) is 47.0 Å². The van der Waals surface area contributed by atoms with Crippen molar-refractivity contribution in [2.24, 2.45) is 0 Å². The van der Waals surface area contributed by atoms with Gasteiger partial charge in [0.2, 0.25) is 5.89 Å². The van der Waals surface area contributed by atoms with Crippen molar-refractivity contribution in [1.29, 1.82) is 0 Å². The topological polar surface area (TPSA) is 81.0 Å². The molecule has 0 unspecified atom stereocenters. The molecule has 112 valence electrons. The Morgan fingerprint density at radius 3 is 2.68 bits per heavy atom. The minimum Gasteiger partial charge on any atom is -0.448 e. The number of esters is 1. The summed E-state index contributed by atoms with van der Waals surface area (Å²) in [5, 5.41) is 7.94. The zero-order valence-corrected chi connectivity index (χ0v) is 12.2. The molecular weight excluding hydrogens is 282 g/mol. The van der Waals surface area contributed by atoms with E-state index in [9.17, 15) is 4.79 Å². The van der Waals surface area contributed by atoms with E-state index in [0.717, 1.165) is 11.1 Å². The average molecular weight is 297 g/mol. The number of nitrogens with one attached hydrogen (secondary N) is 1. The Morgan fingerprint density at radius 1 is 1.23 bits per heavy atom. The van der Waals surface area contributed by atoms with Crippen molar-refractivity contribution in [3.8, 4) is 11.5 Å². The molecule has 0 spiro atoms. The molecule has 0 aliphatic heterocycles. The predicted octanol–water partition coefficient (Wildman–Crippen LogP) is 3.29. The summed E-state index contributed by atoms with van der Waals surface area (Å²) in [6, 6.07) is 11.1. The third-order valence-electron chi connectivity index (χ3n) is 3.19. The number of ether oxygens (including phenoxy) is 1. The molecule has 0 bridgehead atoms. The summed E-state index contributed by atoms with van der Waals surface area (Å²) >= 11 is 0. The van der Waals surface area contributed by atoms with E-state index >= 15 is 0 Å². The summed E-state index contributed by atoms with van der Waals surface area (Å²) in [5.74, 6) is 0.195. The van der Waals surface area contributed by atoms with Crippen LogP contribution in [0.1, 0.15) is 35.0 Å². The molecule has 0 saturated heterocycles. The third kappa shape index (κ3) is 2.90. The molecule has 1 aromatic carbocycles. The van der Waals surface area contributed by atoms with Gasteiger partial charge in [-0.1, -0.05) is 17.7 Å². The van der Waals surface area contributed by atoms with E-state index in [-0.39, 0.29) is 5.89 Å². The predicted molar refractivity (Wildman–Crippen MR) is 79.1 cm³/mol. The SMILES string of the molecule is Cc1ccc(-c2nnc([C@@H](C)OC(=O)c3ccc[nH]3)o2)cc1. The van der Waals surface area contributed by atoms with Gasteiger partial charge in [0.05, 0.1) is 0 Å². The van der Waals surface area contributed by atoms with Crippen LogP contribution in [0.4, 0.5) is 0 Å². The van der Waals surface area contributed by atoms with E-state index in [4.69, 9.17) is 9.15 Å². The highest BCUT2D eigenvalue weighted by molar-refractivity contribution is 5.87. The first kappa shape index (κ1) is 14.1. The zero-order chi connectivity index (χ0) is 15.5. The van der Waals surface area contributed by atoms with Crippen molar-refractivity contribution < 1.29 is 13.9 Å². The van der Waals surface area contributed by atoms with E-state index in [0.29, 0.717) is 11.6 Å². The second-order valence-corrected chi connectivity index (χ2v) is 4.94. The zero-order valence-electron chi connectivity index (χ0n) is 12.2. The fraction of sp³-hybridized carbons (Fsp3) is 0.188. The Bertz CT molecular complexity index is 760. The lowest BCUT2D eigenvalue weighted by Gasteiger charge is -2.07. The second-order valence-electron chi connectivity index (χ2n) is 4.94. The van der Waals surface area contributed by atoms with Crippen molar-refractivity contribution in [2.45, 2.75) is 20.0 Å². The summed E-state index contributed by atoms with van der Waals surface area (Å²) in [4.78, 5) is 14.6. The van der Waals surface area contributed by atoms with Crippen LogP contribution in [-0.4, -0.2) is 21.2 Å². The first-order chi connectivity index (χ1) is 10.6. The molecule has 0 fully saturated rings. The van der Waals surface area contributed by atoms with Crippen LogP contribution in [0.2, 0.25) is 0 Å². The van der Waals surface area contributed by atoms with E-state index in [1.165, 1.54) is 0 Å². The maximum Gasteiger partial charge on any atom is 0.355 e. The average Bonchev–Trinajstić information content (AvgIpc) is 3.20. The minimum atomic E-state index is -0.623. The van der Waals surface area contributed by atoms with Crippen molar-refractivity contribution in [3.05, 3.63) is 59.7 Å². The Morgan fingerprint density at radius 2 is 2.00 bits per heavy atom. The molecule has 1 N–H and O–H groups in total. The van der Waals surface area contributed by atoms with Gasteiger partial charge in [0.15, 0.2) is 6.10 Å². The van der Waals surface area contributed by atoms with Gasteiger partial charge in [-0.05, 0) is 38.1 Å². The quantitative estimate of drug-likeness (QED) is 0.747. The van der Waals surface area contributed by atoms with Crippen LogP contribution >= 0.6 is 0 Å². The molecule has 6 heteroatoms. The first-order valence-corrected chi connectivity index (χ1v) is 6.88. The number of aromatic nitrogens is 3. The van der Waals surface area contributed by atoms with E-state index < -0.39 is 12.1 Å². The van der Waals surface area contributed by atoms with Crippen molar-refractivity contribution in [2.75, 3.05) is 0 Å². The molecule has 22 heavy (non-hydrogen) atoms. The fourth-order valence-corrected chi connectivity index (χ4v) is 1.94. The molecule has 6 nitrogen and oxygen atoms in total. The summed E-state index contributed by atoms with van der Waals surface area (Å²) < 4.78 is 10.9. The molecule has 0 aliphatic carbocycles. The number of carbonyl (C=O) groups is 1. The summed E-state index contributed by atoms with van der Waals surface area (Å²) in [6.07, 6.45) is 1.03. The number of H-pyrrole nitrogens is 1. The molecule has 1 atom stereocenters. The highest BCUT2D eigenvalue weighted by Gasteiger charge is 2.20. The van der Waals surface area contributed by atoms with Gasteiger partial charge in [0.1, 0.15) is 5.69 Å². The van der Waals surface area contributed by atoms with Crippen molar-refractivity contribution >= 4 is 5.97 Å². The Kier molecular flexibility index (Phi) is 3.74. The Labute approximate surface area is 127 Å². The van der Waals surface area contributed by atoms with Gasteiger partial charge in [0, 0.05) is 11.8 Å². The number of aromatic amines is 1. The molecule has 0 aliphatic rings. The lowest BCUT2D eigenvalue weighted by atomic mass is 10.1. The highest BCUT2D eigenvalue weighted by Crippen LogP contribution is 2.23. The molecule has 0 amide bonds. The summed E-state index contributed by atoms with van der Waals surface area (Å²) in [7, 11) is 0. The smallest absolute Gasteiger partial charge is 0.355 e. The van der Waals surface area contributed by atoms with Gasteiger partial charge >= 0.3 is 5.97 Å². The number of rotatable bonds is 4. The molecule has 3 rings (SSSR count). The minimum absolute atomic E-state index is 0.260. The van der Waals surface area contributed by atoms with Crippen LogP contribution < -0.4 is 0 Å². The fourth-order valence-electron chi connectivity index (χ4n) is 1.94. The van der Waals surface area contributed by atoms with Gasteiger partial charge in [-0.2, -0.15) is 0 Å². The van der Waals surface area contributed by atoms with Gasteiger partial charge in [-0.3, -0.25) is 0 Å². The van der Waals surface area contributed by atoms with Gasteiger partial charge < -0.3 is 14.1 Å². The lowest BCUT2D eigenvalue weighted by molar-refractivity contribution is 0.0274. The largest absolute Gasteiger partial charge is 0.448 e. The molecule has 3 aromatic rings. The molecule has 2 aromatic heterocycles. The van der Waals surface area contributed by atoms with E-state index in [2.05, 4.69) is 15.2 Å². The number of hydrogen-bond acceptors (Lipinski definition) is 5. The number of benzene rings is 1. The van der Waals surface area contributed by atoms with Crippen LogP contribution in [0.25, 0.3) is 11.5 Å². The first-order valence-electron chi connectivity index (χ1n) is 6.88. The van der Waals surface area contributed by atoms with E-state index in [1.807, 2.05) is 31.2 Å². The number of nitrogens with zero attached hydrogens (tertiary/aromatic N) is 2. The monoisotopic (exact) mass is 297 g/mol. The molecule has 0 radical (unpaired) electrons. The molecule has 0 saturated carbocycles. The van der Waals surface area contributed by atoms with Crippen LogP contribution in [-0.2, 0) is 4.74 Å². The van der Waals surface area contributed by atoms with Crippen molar-refractivity contribution in [3.63, 3.8) is 0 Å². The number of hydrogen-bond donors (Lipinski definition) is 1. The Balaban J connectivity index is 1.73.